The number of amides is 1. The molecular weight excluding hydrogens is 488 g/mol. The van der Waals surface area contributed by atoms with Gasteiger partial charge in [0.15, 0.2) is 0 Å². The number of aromatic nitrogens is 2. The number of hydrogen-bond donors (Lipinski definition) is 1. The Balaban J connectivity index is 1.63. The van der Waals surface area contributed by atoms with Gasteiger partial charge in [0.05, 0.1) is 17.8 Å². The lowest BCUT2D eigenvalue weighted by atomic mass is 9.99. The predicted molar refractivity (Wildman–Crippen MR) is 122 cm³/mol. The number of alkyl halides is 3. The fourth-order valence-corrected chi connectivity index (χ4v) is 4.76. The van der Waals surface area contributed by atoms with Gasteiger partial charge < -0.3 is 15.4 Å². The number of carbonyl (C=O) groups excluding carboxylic acids is 1. The molecule has 2 heterocycles. The van der Waals surface area contributed by atoms with Crippen molar-refractivity contribution >= 4 is 17.5 Å². The van der Waals surface area contributed by atoms with E-state index in [0.717, 1.165) is 23.6 Å². The van der Waals surface area contributed by atoms with Crippen LogP contribution < -0.4 is 5.73 Å². The van der Waals surface area contributed by atoms with Crippen LogP contribution in [0.15, 0.2) is 18.2 Å². The largest absolute Gasteiger partial charge is 0.433 e. The molecule has 1 saturated carbocycles. The molecule has 1 aromatic heterocycles. The van der Waals surface area contributed by atoms with Gasteiger partial charge in [0.25, 0.3) is 0 Å². The Morgan fingerprint density at radius 2 is 2.00 bits per heavy atom. The topological polar surface area (TPSA) is 73.4 Å². The van der Waals surface area contributed by atoms with Crippen molar-refractivity contribution in [3.8, 4) is 0 Å². The number of benzene rings is 1. The monoisotopic (exact) mass is 516 g/mol. The minimum Gasteiger partial charge on any atom is -0.376 e. The molecule has 6 nitrogen and oxygen atoms in total. The zero-order valence-electron chi connectivity index (χ0n) is 19.6. The van der Waals surface area contributed by atoms with E-state index in [-0.39, 0.29) is 18.5 Å². The van der Waals surface area contributed by atoms with Crippen molar-refractivity contribution in [1.29, 1.82) is 0 Å². The standard InChI is InChI=1S/C24H29ClF4N4O2/c1-13-9-16(26)10-17(22(13)25)23-19(35-8-6-14(2)30)5-7-32(23)21(34)12-33-20(24(27,28)29)11-18(31-33)15-3-4-15/h9-11,14-15,19,23H,3-8,12,30H2,1-2H3/t14?,19-,23-/m1/s1. The van der Waals surface area contributed by atoms with Gasteiger partial charge in [0.1, 0.15) is 18.1 Å². The zero-order chi connectivity index (χ0) is 25.5. The highest BCUT2D eigenvalue weighted by molar-refractivity contribution is 6.32. The average Bonchev–Trinajstić information content (AvgIpc) is 3.38. The number of halogens is 5. The van der Waals surface area contributed by atoms with Crippen molar-refractivity contribution < 1.29 is 27.1 Å². The molecule has 35 heavy (non-hydrogen) atoms. The van der Waals surface area contributed by atoms with Crippen LogP contribution in [-0.4, -0.2) is 45.9 Å². The van der Waals surface area contributed by atoms with E-state index in [1.807, 2.05) is 6.92 Å². The molecule has 11 heteroatoms. The normalized spacial score (nSPS) is 21.5. The number of nitrogens with zero attached hydrogens (tertiary/aromatic N) is 3. The number of likely N-dealkylation sites (tertiary alicyclic amines) is 1. The summed E-state index contributed by atoms with van der Waals surface area (Å²) in [6, 6.07) is 2.74. The van der Waals surface area contributed by atoms with Crippen molar-refractivity contribution in [3.05, 3.63) is 51.6 Å². The average molecular weight is 517 g/mol. The number of hydrogen-bond acceptors (Lipinski definition) is 4. The molecule has 0 bridgehead atoms. The van der Waals surface area contributed by atoms with Gasteiger partial charge in [-0.05, 0) is 68.9 Å². The highest BCUT2D eigenvalue weighted by Gasteiger charge is 2.42. The lowest BCUT2D eigenvalue weighted by molar-refractivity contribution is -0.146. The summed E-state index contributed by atoms with van der Waals surface area (Å²) in [4.78, 5) is 14.8. The van der Waals surface area contributed by atoms with Gasteiger partial charge >= 0.3 is 6.18 Å². The van der Waals surface area contributed by atoms with E-state index in [4.69, 9.17) is 22.1 Å². The molecule has 1 saturated heterocycles. The summed E-state index contributed by atoms with van der Waals surface area (Å²) in [5.74, 6) is -1.08. The van der Waals surface area contributed by atoms with Crippen molar-refractivity contribution in [2.75, 3.05) is 13.2 Å². The Hall–Kier alpha value is -2.17. The van der Waals surface area contributed by atoms with Crippen LogP contribution in [0, 0.1) is 12.7 Å². The lowest BCUT2D eigenvalue weighted by Crippen LogP contribution is -2.37. The maximum Gasteiger partial charge on any atom is 0.433 e. The summed E-state index contributed by atoms with van der Waals surface area (Å²) in [6.07, 6.45) is -2.56. The van der Waals surface area contributed by atoms with E-state index in [9.17, 15) is 22.4 Å². The van der Waals surface area contributed by atoms with Crippen LogP contribution in [0.25, 0.3) is 0 Å². The van der Waals surface area contributed by atoms with Crippen LogP contribution in [-0.2, 0) is 22.3 Å². The van der Waals surface area contributed by atoms with Crippen LogP contribution in [0.1, 0.15) is 67.1 Å². The number of rotatable bonds is 8. The third kappa shape index (κ3) is 5.81. The van der Waals surface area contributed by atoms with Crippen LogP contribution in [0.2, 0.25) is 5.02 Å². The van der Waals surface area contributed by atoms with Gasteiger partial charge in [0.2, 0.25) is 5.91 Å². The molecule has 2 aromatic rings. The third-order valence-electron chi connectivity index (χ3n) is 6.50. The second-order valence-electron chi connectivity index (χ2n) is 9.51. The highest BCUT2D eigenvalue weighted by Crippen LogP contribution is 2.42. The minimum absolute atomic E-state index is 0.00350. The van der Waals surface area contributed by atoms with Crippen LogP contribution in [0.5, 0.6) is 0 Å². The van der Waals surface area contributed by atoms with Crippen molar-refractivity contribution in [1.82, 2.24) is 14.7 Å². The fourth-order valence-electron chi connectivity index (χ4n) is 4.54. The third-order valence-corrected chi connectivity index (χ3v) is 7.02. The van der Waals surface area contributed by atoms with E-state index in [1.54, 1.807) is 6.92 Å². The van der Waals surface area contributed by atoms with Crippen LogP contribution in [0.4, 0.5) is 17.6 Å². The molecule has 1 aromatic carbocycles. The molecule has 2 fully saturated rings. The smallest absolute Gasteiger partial charge is 0.376 e. The maximum atomic E-state index is 14.3. The van der Waals surface area contributed by atoms with Crippen molar-refractivity contribution in [3.63, 3.8) is 0 Å². The molecular formula is C24H29ClF4N4O2. The minimum atomic E-state index is -4.64. The molecule has 2 N–H and O–H groups in total. The Kier molecular flexibility index (Phi) is 7.45. The van der Waals surface area contributed by atoms with Crippen LogP contribution >= 0.6 is 11.6 Å². The Morgan fingerprint density at radius 3 is 2.63 bits per heavy atom. The zero-order valence-corrected chi connectivity index (χ0v) is 20.4. The van der Waals surface area contributed by atoms with E-state index < -0.39 is 42.3 Å². The summed E-state index contributed by atoms with van der Waals surface area (Å²) in [5, 5.41) is 4.39. The van der Waals surface area contributed by atoms with E-state index >= 15 is 0 Å². The predicted octanol–water partition coefficient (Wildman–Crippen LogP) is 4.98. The second kappa shape index (κ2) is 10.1. The second-order valence-corrected chi connectivity index (χ2v) is 9.88. The molecule has 0 spiro atoms. The van der Waals surface area contributed by atoms with Crippen molar-refractivity contribution in [2.24, 2.45) is 5.73 Å². The van der Waals surface area contributed by atoms with Gasteiger partial charge in [-0.3, -0.25) is 9.48 Å². The maximum absolute atomic E-state index is 14.3. The van der Waals surface area contributed by atoms with Gasteiger partial charge in [-0.2, -0.15) is 18.3 Å². The first-order valence-electron chi connectivity index (χ1n) is 11.7. The van der Waals surface area contributed by atoms with E-state index in [1.165, 1.54) is 17.0 Å². The molecule has 1 amide bonds. The Morgan fingerprint density at radius 1 is 1.29 bits per heavy atom. The summed E-state index contributed by atoms with van der Waals surface area (Å²) in [7, 11) is 0. The summed E-state index contributed by atoms with van der Waals surface area (Å²) < 4.78 is 62.0. The summed E-state index contributed by atoms with van der Waals surface area (Å²) in [5.41, 5.74) is 6.08. The molecule has 1 aliphatic heterocycles. The molecule has 2 aliphatic rings. The molecule has 3 atom stereocenters. The van der Waals surface area contributed by atoms with E-state index in [2.05, 4.69) is 5.10 Å². The SMILES string of the molecule is Cc1cc(F)cc([C@@H]2[C@H](OCCC(C)N)CCN2C(=O)Cn2nc(C3CC3)cc2C(F)(F)F)c1Cl. The first kappa shape index (κ1) is 25.9. The van der Waals surface area contributed by atoms with Gasteiger partial charge in [-0.1, -0.05) is 11.6 Å². The summed E-state index contributed by atoms with van der Waals surface area (Å²) in [6.45, 7) is 3.47. The van der Waals surface area contributed by atoms with Gasteiger partial charge in [-0.15, -0.1) is 0 Å². The molecule has 0 radical (unpaired) electrons. The molecule has 1 unspecified atom stereocenters. The van der Waals surface area contributed by atoms with Crippen molar-refractivity contribution in [2.45, 2.75) is 76.4 Å². The fraction of sp³-hybridized carbons (Fsp3) is 0.583. The van der Waals surface area contributed by atoms with E-state index in [0.29, 0.717) is 41.3 Å². The first-order chi connectivity index (χ1) is 16.5. The number of nitrogens with two attached hydrogens (primary N) is 1. The molecule has 1 aliphatic carbocycles. The number of carbonyl (C=O) groups is 1. The number of aryl methyl sites for hydroxylation is 1. The molecule has 4 rings (SSSR count). The molecule has 192 valence electrons. The highest BCUT2D eigenvalue weighted by atomic mass is 35.5. The Labute approximate surface area is 206 Å². The first-order valence-corrected chi connectivity index (χ1v) is 12.1. The quantitative estimate of drug-likeness (QED) is 0.502. The lowest BCUT2D eigenvalue weighted by Gasteiger charge is -2.30. The Bertz CT molecular complexity index is 1080. The van der Waals surface area contributed by atoms with Gasteiger partial charge in [-0.25, -0.2) is 4.39 Å². The van der Waals surface area contributed by atoms with Gasteiger partial charge in [0, 0.05) is 30.1 Å². The number of ether oxygens (including phenoxy) is 1. The summed E-state index contributed by atoms with van der Waals surface area (Å²) >= 11 is 6.51. The van der Waals surface area contributed by atoms with Crippen LogP contribution in [0.3, 0.4) is 0 Å².